The lowest BCUT2D eigenvalue weighted by Gasteiger charge is -2.37. The maximum Gasteiger partial charge on any atom is 0.322 e. The minimum atomic E-state index is -0.833. The molecule has 2 aliphatic rings. The number of nitrogens with zero attached hydrogens (tertiary/aromatic N) is 1. The quantitative estimate of drug-likeness (QED) is 0.537. The molecule has 1 aliphatic heterocycles. The first-order valence-electron chi connectivity index (χ1n) is 7.31. The average molecular weight is 322 g/mol. The van der Waals surface area contributed by atoms with Crippen molar-refractivity contribution in [3.05, 3.63) is 0 Å². The molecule has 0 aromatic rings. The molecule has 0 atom stereocenters. The molecule has 0 aromatic carbocycles. The molecule has 0 bridgehead atoms. The van der Waals surface area contributed by atoms with E-state index in [1.54, 1.807) is 13.8 Å². The van der Waals surface area contributed by atoms with Crippen molar-refractivity contribution in [2.24, 2.45) is 5.92 Å². The Morgan fingerprint density at radius 2 is 1.57 bits per heavy atom. The second kappa shape index (κ2) is 7.96. The predicted octanol–water partition coefficient (Wildman–Crippen LogP) is 1.02. The monoisotopic (exact) mass is 321 g/mol. The highest BCUT2D eigenvalue weighted by Gasteiger charge is 2.60. The predicted molar refractivity (Wildman–Crippen MR) is 78.4 cm³/mol. The second-order valence-corrected chi connectivity index (χ2v) is 5.14. The number of hydrogen-bond donors (Lipinski definition) is 0. The summed E-state index contributed by atoms with van der Waals surface area (Å²) in [5, 5.41) is 0. The number of hydrogen-bond acceptors (Lipinski definition) is 6. The Labute approximate surface area is 131 Å². The van der Waals surface area contributed by atoms with E-state index in [1.807, 2.05) is 0 Å². The Balaban J connectivity index is 0.00000220. The van der Waals surface area contributed by atoms with Crippen molar-refractivity contribution in [3.63, 3.8) is 0 Å². The third-order valence-corrected chi connectivity index (χ3v) is 3.99. The summed E-state index contributed by atoms with van der Waals surface area (Å²) in [5.41, 5.74) is -0.414. The van der Waals surface area contributed by atoms with Gasteiger partial charge in [0.2, 0.25) is 0 Å². The fourth-order valence-corrected chi connectivity index (χ4v) is 2.91. The van der Waals surface area contributed by atoms with Crippen molar-refractivity contribution >= 4 is 24.3 Å². The summed E-state index contributed by atoms with van der Waals surface area (Å²) in [6, 6.07) is 0. The van der Waals surface area contributed by atoms with Crippen LogP contribution in [0.5, 0.6) is 0 Å². The van der Waals surface area contributed by atoms with Gasteiger partial charge in [0.15, 0.2) is 5.92 Å². The average Bonchev–Trinajstić information content (AvgIpc) is 3.22. The van der Waals surface area contributed by atoms with E-state index in [1.165, 1.54) is 0 Å². The second-order valence-electron chi connectivity index (χ2n) is 5.14. The SMILES string of the molecule is CCOC(=O)C(C(=O)OCC)C1(N2CCOCC2)CC1.Cl. The van der Waals surface area contributed by atoms with E-state index in [-0.39, 0.29) is 25.6 Å². The van der Waals surface area contributed by atoms with Crippen LogP contribution in [0.3, 0.4) is 0 Å². The van der Waals surface area contributed by atoms with Gasteiger partial charge in [-0.25, -0.2) is 0 Å². The molecule has 7 heteroatoms. The summed E-state index contributed by atoms with van der Waals surface area (Å²) in [6.45, 7) is 6.80. The first kappa shape index (κ1) is 18.2. The van der Waals surface area contributed by atoms with Crippen molar-refractivity contribution in [1.82, 2.24) is 4.90 Å². The van der Waals surface area contributed by atoms with Gasteiger partial charge < -0.3 is 14.2 Å². The summed E-state index contributed by atoms with van der Waals surface area (Å²) in [6.07, 6.45) is 1.66. The first-order chi connectivity index (χ1) is 9.65. The van der Waals surface area contributed by atoms with Gasteiger partial charge in [-0.3, -0.25) is 14.5 Å². The Morgan fingerprint density at radius 1 is 1.10 bits per heavy atom. The van der Waals surface area contributed by atoms with E-state index < -0.39 is 23.4 Å². The van der Waals surface area contributed by atoms with Crippen molar-refractivity contribution in [2.45, 2.75) is 32.2 Å². The fourth-order valence-electron chi connectivity index (χ4n) is 2.91. The molecule has 6 nitrogen and oxygen atoms in total. The van der Waals surface area contributed by atoms with E-state index in [2.05, 4.69) is 4.90 Å². The number of morpholine rings is 1. The van der Waals surface area contributed by atoms with Gasteiger partial charge in [0, 0.05) is 18.6 Å². The number of esters is 2. The normalized spacial score (nSPS) is 20.5. The molecule has 1 aliphatic carbocycles. The van der Waals surface area contributed by atoms with Crippen LogP contribution in [0, 0.1) is 5.92 Å². The summed E-state index contributed by atoms with van der Waals surface area (Å²) < 4.78 is 15.5. The molecule has 21 heavy (non-hydrogen) atoms. The van der Waals surface area contributed by atoms with Gasteiger partial charge in [0.25, 0.3) is 0 Å². The summed E-state index contributed by atoms with van der Waals surface area (Å²) in [4.78, 5) is 26.6. The van der Waals surface area contributed by atoms with Crippen LogP contribution in [-0.2, 0) is 23.8 Å². The standard InChI is InChI=1S/C14H23NO5.ClH/c1-3-19-12(16)11(13(17)20-4-2)14(5-6-14)15-7-9-18-10-8-15;/h11H,3-10H2,1-2H3;1H. The molecule has 0 aromatic heterocycles. The highest BCUT2D eigenvalue weighted by Crippen LogP contribution is 2.49. The third-order valence-electron chi connectivity index (χ3n) is 3.99. The minimum absolute atomic E-state index is 0. The van der Waals surface area contributed by atoms with E-state index >= 15 is 0 Å². The summed E-state index contributed by atoms with van der Waals surface area (Å²) >= 11 is 0. The minimum Gasteiger partial charge on any atom is -0.465 e. The van der Waals surface area contributed by atoms with Gasteiger partial charge in [0.05, 0.1) is 26.4 Å². The number of ether oxygens (including phenoxy) is 3. The van der Waals surface area contributed by atoms with Crippen LogP contribution in [0.25, 0.3) is 0 Å². The lowest BCUT2D eigenvalue weighted by molar-refractivity contribution is -0.167. The van der Waals surface area contributed by atoms with Crippen molar-refractivity contribution in [3.8, 4) is 0 Å². The van der Waals surface area contributed by atoms with E-state index in [4.69, 9.17) is 14.2 Å². The van der Waals surface area contributed by atoms with Crippen LogP contribution in [0.1, 0.15) is 26.7 Å². The van der Waals surface area contributed by atoms with Crippen molar-refractivity contribution in [2.75, 3.05) is 39.5 Å². The molecule has 1 heterocycles. The highest BCUT2D eigenvalue weighted by atomic mass is 35.5. The van der Waals surface area contributed by atoms with Gasteiger partial charge >= 0.3 is 11.9 Å². The lowest BCUT2D eigenvalue weighted by atomic mass is 9.95. The first-order valence-corrected chi connectivity index (χ1v) is 7.31. The van der Waals surface area contributed by atoms with Crippen molar-refractivity contribution < 1.29 is 23.8 Å². The number of carbonyl (C=O) groups excluding carboxylic acids is 2. The fraction of sp³-hybridized carbons (Fsp3) is 0.857. The zero-order valence-corrected chi connectivity index (χ0v) is 13.4. The highest BCUT2D eigenvalue weighted by molar-refractivity contribution is 5.97. The van der Waals surface area contributed by atoms with Crippen molar-refractivity contribution in [1.29, 1.82) is 0 Å². The Hall–Kier alpha value is -0.850. The molecule has 1 saturated carbocycles. The van der Waals surface area contributed by atoms with Crippen LogP contribution < -0.4 is 0 Å². The number of rotatable bonds is 6. The zero-order valence-electron chi connectivity index (χ0n) is 12.6. The lowest BCUT2D eigenvalue weighted by Crippen LogP contribution is -2.53. The van der Waals surface area contributed by atoms with Gasteiger partial charge in [-0.2, -0.15) is 0 Å². The Bertz CT molecular complexity index is 348. The number of carbonyl (C=O) groups is 2. The van der Waals surface area contributed by atoms with Gasteiger partial charge in [-0.15, -0.1) is 12.4 Å². The van der Waals surface area contributed by atoms with E-state index in [0.29, 0.717) is 13.2 Å². The zero-order chi connectivity index (χ0) is 14.6. The van der Waals surface area contributed by atoms with E-state index in [9.17, 15) is 9.59 Å². The molecule has 1 saturated heterocycles. The molecule has 2 fully saturated rings. The maximum absolute atomic E-state index is 12.2. The summed E-state index contributed by atoms with van der Waals surface area (Å²) in [7, 11) is 0. The van der Waals surface area contributed by atoms with Gasteiger partial charge in [-0.05, 0) is 26.7 Å². The molecule has 2 rings (SSSR count). The van der Waals surface area contributed by atoms with Crippen LogP contribution >= 0.6 is 12.4 Å². The van der Waals surface area contributed by atoms with Crippen LogP contribution in [0.15, 0.2) is 0 Å². The maximum atomic E-state index is 12.2. The van der Waals surface area contributed by atoms with E-state index in [0.717, 1.165) is 25.9 Å². The summed E-state index contributed by atoms with van der Waals surface area (Å²) in [5.74, 6) is -1.76. The molecule has 0 radical (unpaired) electrons. The molecule has 0 N–H and O–H groups in total. The topological polar surface area (TPSA) is 65.1 Å². The van der Waals surface area contributed by atoms with Crippen LogP contribution in [0.4, 0.5) is 0 Å². The van der Waals surface area contributed by atoms with Crippen LogP contribution in [-0.4, -0.2) is 61.9 Å². The largest absolute Gasteiger partial charge is 0.465 e. The van der Waals surface area contributed by atoms with Gasteiger partial charge in [-0.1, -0.05) is 0 Å². The molecule has 0 spiro atoms. The third kappa shape index (κ3) is 3.87. The molecule has 122 valence electrons. The smallest absolute Gasteiger partial charge is 0.322 e. The van der Waals surface area contributed by atoms with Crippen LogP contribution in [0.2, 0.25) is 0 Å². The molecule has 0 unspecified atom stereocenters. The molecule has 0 amide bonds. The molecular formula is C14H24ClNO5. The Kier molecular flexibility index (Phi) is 6.90. The Morgan fingerprint density at radius 3 is 1.95 bits per heavy atom. The van der Waals surface area contributed by atoms with Gasteiger partial charge in [0.1, 0.15) is 0 Å². The molecular weight excluding hydrogens is 298 g/mol. The number of halogens is 1.